The summed E-state index contributed by atoms with van der Waals surface area (Å²) in [5, 5.41) is 11.4. The number of nitriles is 1. The standard InChI is InChI=1S/C14H16N2O3/c1-3-7-16-13(17)10(2)19-14(18)12-6-4-5-11(8-12)9-15/h4-6,8,10H,3,7H2,1-2H3,(H,16,17)/t10-/m0/s1. The van der Waals surface area contributed by atoms with Crippen molar-refractivity contribution in [3.8, 4) is 6.07 Å². The van der Waals surface area contributed by atoms with Crippen LogP contribution in [0.15, 0.2) is 24.3 Å². The van der Waals surface area contributed by atoms with Gasteiger partial charge in [-0.3, -0.25) is 4.79 Å². The zero-order chi connectivity index (χ0) is 14.3. The van der Waals surface area contributed by atoms with Gasteiger partial charge in [-0.25, -0.2) is 4.79 Å². The molecule has 1 amide bonds. The van der Waals surface area contributed by atoms with E-state index in [-0.39, 0.29) is 11.5 Å². The molecule has 0 saturated carbocycles. The molecule has 100 valence electrons. The molecule has 19 heavy (non-hydrogen) atoms. The molecule has 0 bridgehead atoms. The maximum atomic E-state index is 11.8. The third-order valence-electron chi connectivity index (χ3n) is 2.43. The second kappa shape index (κ2) is 7.17. The minimum atomic E-state index is -0.857. The molecule has 5 heteroatoms. The van der Waals surface area contributed by atoms with Crippen LogP contribution in [0.4, 0.5) is 0 Å². The predicted molar refractivity (Wildman–Crippen MR) is 69.3 cm³/mol. The van der Waals surface area contributed by atoms with Crippen molar-refractivity contribution >= 4 is 11.9 Å². The quantitative estimate of drug-likeness (QED) is 0.816. The fourth-order valence-electron chi connectivity index (χ4n) is 1.39. The molecule has 1 aromatic carbocycles. The van der Waals surface area contributed by atoms with Gasteiger partial charge in [0.2, 0.25) is 0 Å². The van der Waals surface area contributed by atoms with Gasteiger partial charge in [0.15, 0.2) is 6.10 Å². The van der Waals surface area contributed by atoms with E-state index in [4.69, 9.17) is 10.00 Å². The maximum absolute atomic E-state index is 11.8. The van der Waals surface area contributed by atoms with E-state index >= 15 is 0 Å². The van der Waals surface area contributed by atoms with Gasteiger partial charge < -0.3 is 10.1 Å². The summed E-state index contributed by atoms with van der Waals surface area (Å²) >= 11 is 0. The number of esters is 1. The van der Waals surface area contributed by atoms with E-state index in [1.54, 1.807) is 18.2 Å². The average molecular weight is 260 g/mol. The number of hydrogen-bond acceptors (Lipinski definition) is 4. The molecule has 1 aromatic rings. The average Bonchev–Trinajstić information content (AvgIpc) is 2.44. The number of hydrogen-bond donors (Lipinski definition) is 1. The zero-order valence-corrected chi connectivity index (χ0v) is 11.0. The summed E-state index contributed by atoms with van der Waals surface area (Å²) in [6.45, 7) is 3.99. The Morgan fingerprint density at radius 1 is 1.47 bits per heavy atom. The number of benzene rings is 1. The number of amides is 1. The van der Waals surface area contributed by atoms with Gasteiger partial charge in [0, 0.05) is 6.54 Å². The molecule has 0 aliphatic heterocycles. The molecule has 0 spiro atoms. The van der Waals surface area contributed by atoms with Crippen molar-refractivity contribution in [3.63, 3.8) is 0 Å². The Bertz CT molecular complexity index is 506. The Balaban J connectivity index is 2.64. The third kappa shape index (κ3) is 4.43. The van der Waals surface area contributed by atoms with Gasteiger partial charge in [-0.2, -0.15) is 5.26 Å². The highest BCUT2D eigenvalue weighted by Crippen LogP contribution is 2.07. The number of rotatable bonds is 5. The SMILES string of the molecule is CCCNC(=O)[C@H](C)OC(=O)c1cccc(C#N)c1. The Morgan fingerprint density at radius 3 is 2.84 bits per heavy atom. The Labute approximate surface area is 112 Å². The van der Waals surface area contributed by atoms with Crippen LogP contribution in [0.3, 0.4) is 0 Å². The van der Waals surface area contributed by atoms with Crippen LogP contribution in [0.2, 0.25) is 0 Å². The predicted octanol–water partition coefficient (Wildman–Crippen LogP) is 1.63. The topological polar surface area (TPSA) is 79.2 Å². The van der Waals surface area contributed by atoms with E-state index in [0.29, 0.717) is 12.1 Å². The lowest BCUT2D eigenvalue weighted by molar-refractivity contribution is -0.129. The normalized spacial score (nSPS) is 11.2. The first-order valence-corrected chi connectivity index (χ1v) is 6.07. The Kier molecular flexibility index (Phi) is 5.55. The summed E-state index contributed by atoms with van der Waals surface area (Å²) in [6, 6.07) is 8.10. The molecule has 0 saturated heterocycles. The second-order valence-corrected chi connectivity index (χ2v) is 4.03. The molecule has 1 N–H and O–H groups in total. The van der Waals surface area contributed by atoms with E-state index in [0.717, 1.165) is 6.42 Å². The Hall–Kier alpha value is -2.35. The first-order chi connectivity index (χ1) is 9.08. The van der Waals surface area contributed by atoms with E-state index in [2.05, 4.69) is 5.32 Å². The molecule has 0 aliphatic carbocycles. The van der Waals surface area contributed by atoms with Gasteiger partial charge >= 0.3 is 5.97 Å². The summed E-state index contributed by atoms with van der Waals surface area (Å²) in [6.07, 6.45) is -0.0406. The van der Waals surface area contributed by atoms with Crippen molar-refractivity contribution in [2.75, 3.05) is 6.54 Å². The summed E-state index contributed by atoms with van der Waals surface area (Å²) in [5.74, 6) is -0.942. The van der Waals surface area contributed by atoms with Gasteiger partial charge in [-0.1, -0.05) is 13.0 Å². The highest BCUT2D eigenvalue weighted by atomic mass is 16.5. The first kappa shape index (κ1) is 14.7. The zero-order valence-electron chi connectivity index (χ0n) is 11.0. The van der Waals surface area contributed by atoms with Crippen molar-refractivity contribution in [2.24, 2.45) is 0 Å². The maximum Gasteiger partial charge on any atom is 0.338 e. The minimum Gasteiger partial charge on any atom is -0.449 e. The van der Waals surface area contributed by atoms with Crippen molar-refractivity contribution < 1.29 is 14.3 Å². The van der Waals surface area contributed by atoms with Crippen molar-refractivity contribution in [1.29, 1.82) is 5.26 Å². The van der Waals surface area contributed by atoms with E-state index in [1.165, 1.54) is 13.0 Å². The lowest BCUT2D eigenvalue weighted by Crippen LogP contribution is -2.36. The van der Waals surface area contributed by atoms with E-state index < -0.39 is 12.1 Å². The van der Waals surface area contributed by atoms with Crippen LogP contribution in [0.25, 0.3) is 0 Å². The van der Waals surface area contributed by atoms with Gasteiger partial charge in [0.05, 0.1) is 17.2 Å². The Morgan fingerprint density at radius 2 is 2.21 bits per heavy atom. The minimum absolute atomic E-state index is 0.259. The van der Waals surface area contributed by atoms with Crippen LogP contribution >= 0.6 is 0 Å². The number of carbonyl (C=O) groups excluding carboxylic acids is 2. The lowest BCUT2D eigenvalue weighted by Gasteiger charge is -2.13. The lowest BCUT2D eigenvalue weighted by atomic mass is 10.1. The van der Waals surface area contributed by atoms with Crippen LogP contribution < -0.4 is 5.32 Å². The monoisotopic (exact) mass is 260 g/mol. The summed E-state index contributed by atoms with van der Waals surface area (Å²) < 4.78 is 5.03. The van der Waals surface area contributed by atoms with Crippen LogP contribution in [0, 0.1) is 11.3 Å². The van der Waals surface area contributed by atoms with Crippen LogP contribution in [0.5, 0.6) is 0 Å². The van der Waals surface area contributed by atoms with Crippen molar-refractivity contribution in [3.05, 3.63) is 35.4 Å². The number of ether oxygens (including phenoxy) is 1. The third-order valence-corrected chi connectivity index (χ3v) is 2.43. The summed E-state index contributed by atoms with van der Waals surface area (Å²) in [4.78, 5) is 23.3. The van der Waals surface area contributed by atoms with Gasteiger partial charge in [-0.05, 0) is 31.5 Å². The first-order valence-electron chi connectivity index (χ1n) is 6.07. The van der Waals surface area contributed by atoms with Gasteiger partial charge in [0.1, 0.15) is 0 Å². The largest absolute Gasteiger partial charge is 0.449 e. The van der Waals surface area contributed by atoms with Crippen LogP contribution in [-0.4, -0.2) is 24.5 Å². The molecule has 5 nitrogen and oxygen atoms in total. The molecule has 1 atom stereocenters. The fraction of sp³-hybridized carbons (Fsp3) is 0.357. The molecular formula is C14H16N2O3. The van der Waals surface area contributed by atoms with Crippen LogP contribution in [-0.2, 0) is 9.53 Å². The fourth-order valence-corrected chi connectivity index (χ4v) is 1.39. The highest BCUT2D eigenvalue weighted by Gasteiger charge is 2.18. The number of nitrogens with one attached hydrogen (secondary N) is 1. The molecule has 1 rings (SSSR count). The smallest absolute Gasteiger partial charge is 0.338 e. The molecule has 0 aliphatic rings. The van der Waals surface area contributed by atoms with Crippen molar-refractivity contribution in [1.82, 2.24) is 5.32 Å². The molecule has 0 unspecified atom stereocenters. The number of carbonyl (C=O) groups is 2. The molecule has 0 aromatic heterocycles. The summed E-state index contributed by atoms with van der Waals surface area (Å²) in [5.41, 5.74) is 0.631. The van der Waals surface area contributed by atoms with E-state index in [1.807, 2.05) is 13.0 Å². The van der Waals surface area contributed by atoms with E-state index in [9.17, 15) is 9.59 Å². The molecule has 0 heterocycles. The highest BCUT2D eigenvalue weighted by molar-refractivity contribution is 5.92. The van der Waals surface area contributed by atoms with Gasteiger partial charge in [0.25, 0.3) is 5.91 Å². The molecule has 0 radical (unpaired) electrons. The molecular weight excluding hydrogens is 244 g/mol. The van der Waals surface area contributed by atoms with Crippen molar-refractivity contribution in [2.45, 2.75) is 26.4 Å². The molecule has 0 fully saturated rings. The summed E-state index contributed by atoms with van der Waals surface area (Å²) in [7, 11) is 0. The van der Waals surface area contributed by atoms with Gasteiger partial charge in [-0.15, -0.1) is 0 Å². The van der Waals surface area contributed by atoms with Crippen LogP contribution in [0.1, 0.15) is 36.2 Å². The second-order valence-electron chi connectivity index (χ2n) is 4.03. The number of nitrogens with zero attached hydrogens (tertiary/aromatic N) is 1.